The lowest BCUT2D eigenvalue weighted by atomic mass is 9.93. The molecule has 2 fully saturated rings. The number of methoxy groups -OCH3 is 1. The molecule has 2 aliphatic heterocycles. The highest BCUT2D eigenvalue weighted by Gasteiger charge is 2.75. The number of carbonyl (C=O) groups is 1. The number of rotatable bonds is 2. The number of anilines is 1. The maximum absolute atomic E-state index is 11.2. The summed E-state index contributed by atoms with van der Waals surface area (Å²) in [5.74, 6) is 2.34. The summed E-state index contributed by atoms with van der Waals surface area (Å²) in [5.41, 5.74) is 2.58. The Kier molecular flexibility index (Phi) is 1.81. The minimum Gasteiger partial charge on any atom is -0.497 e. The monoisotopic (exact) mass is 244 g/mol. The second-order valence-electron chi connectivity index (χ2n) is 5.43. The molecular formula is C14H16N2O2. The lowest BCUT2D eigenvalue weighted by molar-refractivity contribution is -0.126. The zero-order chi connectivity index (χ0) is 12.4. The Hall–Kier alpha value is -1.71. The van der Waals surface area contributed by atoms with Crippen LogP contribution in [0.15, 0.2) is 18.2 Å². The molecule has 3 unspecified atom stereocenters. The van der Waals surface area contributed by atoms with Crippen LogP contribution in [0.1, 0.15) is 18.4 Å². The van der Waals surface area contributed by atoms with Gasteiger partial charge in [0, 0.05) is 31.0 Å². The second-order valence-corrected chi connectivity index (χ2v) is 5.43. The van der Waals surface area contributed by atoms with Gasteiger partial charge in [-0.1, -0.05) is 0 Å². The van der Waals surface area contributed by atoms with E-state index in [0.717, 1.165) is 12.3 Å². The standard InChI is InChI=1S/C14H16N2O2/c1-7(17)16-13-12(14(13)16)10-6-15-11-4-3-8(18-2)5-9(10)11/h3-5,10,12-15H,6H2,1-2H3. The van der Waals surface area contributed by atoms with E-state index in [1.165, 1.54) is 11.3 Å². The van der Waals surface area contributed by atoms with Crippen molar-refractivity contribution in [3.63, 3.8) is 0 Å². The highest BCUT2D eigenvalue weighted by atomic mass is 16.5. The Morgan fingerprint density at radius 1 is 1.44 bits per heavy atom. The molecule has 0 spiro atoms. The van der Waals surface area contributed by atoms with Crippen LogP contribution in [0.4, 0.5) is 5.69 Å². The molecule has 1 saturated carbocycles. The van der Waals surface area contributed by atoms with E-state index in [0.29, 0.717) is 23.9 Å². The Morgan fingerprint density at radius 3 is 2.89 bits per heavy atom. The smallest absolute Gasteiger partial charge is 0.220 e. The number of nitrogens with zero attached hydrogens (tertiary/aromatic N) is 1. The fraction of sp³-hybridized carbons (Fsp3) is 0.500. The third kappa shape index (κ3) is 1.18. The van der Waals surface area contributed by atoms with Crippen molar-refractivity contribution in [3.8, 4) is 5.75 Å². The molecule has 4 nitrogen and oxygen atoms in total. The van der Waals surface area contributed by atoms with Gasteiger partial charge in [0.05, 0.1) is 19.2 Å². The summed E-state index contributed by atoms with van der Waals surface area (Å²) in [6.45, 7) is 2.65. The molecule has 3 atom stereocenters. The first-order valence-corrected chi connectivity index (χ1v) is 6.43. The van der Waals surface area contributed by atoms with Gasteiger partial charge in [-0.2, -0.15) is 0 Å². The first-order valence-electron chi connectivity index (χ1n) is 6.43. The van der Waals surface area contributed by atoms with Crippen LogP contribution in [-0.2, 0) is 4.79 Å². The minimum absolute atomic E-state index is 0.220. The molecule has 3 aliphatic rings. The maximum Gasteiger partial charge on any atom is 0.220 e. The van der Waals surface area contributed by atoms with Crippen molar-refractivity contribution in [3.05, 3.63) is 23.8 Å². The molecule has 2 heterocycles. The lowest BCUT2D eigenvalue weighted by Crippen LogP contribution is -2.26. The molecule has 1 amide bonds. The van der Waals surface area contributed by atoms with Crippen molar-refractivity contribution in [2.75, 3.05) is 19.0 Å². The summed E-state index contributed by atoms with van der Waals surface area (Å²) in [6.07, 6.45) is 0. The van der Waals surface area contributed by atoms with Gasteiger partial charge in [0.2, 0.25) is 5.91 Å². The van der Waals surface area contributed by atoms with Gasteiger partial charge in [0.1, 0.15) is 5.75 Å². The van der Waals surface area contributed by atoms with E-state index in [4.69, 9.17) is 4.74 Å². The van der Waals surface area contributed by atoms with Crippen molar-refractivity contribution >= 4 is 11.6 Å². The summed E-state index contributed by atoms with van der Waals surface area (Å²) in [7, 11) is 1.70. The van der Waals surface area contributed by atoms with Gasteiger partial charge in [-0.15, -0.1) is 0 Å². The number of hydrogen-bond acceptors (Lipinski definition) is 3. The maximum atomic E-state index is 11.2. The largest absolute Gasteiger partial charge is 0.497 e. The van der Waals surface area contributed by atoms with Gasteiger partial charge in [0.15, 0.2) is 0 Å². The molecule has 1 aliphatic carbocycles. The van der Waals surface area contributed by atoms with Crippen molar-refractivity contribution in [1.29, 1.82) is 0 Å². The second kappa shape index (κ2) is 3.19. The predicted octanol–water partition coefficient (Wildman–Crippen LogP) is 1.43. The summed E-state index contributed by atoms with van der Waals surface area (Å²) in [5, 5.41) is 3.45. The Bertz CT molecular complexity index is 533. The highest BCUT2D eigenvalue weighted by Crippen LogP contribution is 2.64. The van der Waals surface area contributed by atoms with Crippen molar-refractivity contribution < 1.29 is 9.53 Å². The first kappa shape index (κ1) is 10.2. The molecular weight excluding hydrogens is 228 g/mol. The fourth-order valence-corrected chi connectivity index (χ4v) is 3.54. The van der Waals surface area contributed by atoms with Crippen molar-refractivity contribution in [1.82, 2.24) is 4.90 Å². The molecule has 1 aromatic rings. The van der Waals surface area contributed by atoms with Crippen LogP contribution in [-0.4, -0.2) is 36.5 Å². The summed E-state index contributed by atoms with van der Waals surface area (Å²) in [6, 6.07) is 7.25. The third-order valence-electron chi connectivity index (χ3n) is 4.55. The van der Waals surface area contributed by atoms with Crippen molar-refractivity contribution in [2.45, 2.75) is 24.9 Å². The molecule has 0 bridgehead atoms. The number of amides is 1. The van der Waals surface area contributed by atoms with E-state index in [-0.39, 0.29) is 5.91 Å². The van der Waals surface area contributed by atoms with Crippen LogP contribution in [0.2, 0.25) is 0 Å². The molecule has 18 heavy (non-hydrogen) atoms. The minimum atomic E-state index is 0.220. The Labute approximate surface area is 106 Å². The van der Waals surface area contributed by atoms with Crippen molar-refractivity contribution in [2.24, 2.45) is 5.92 Å². The van der Waals surface area contributed by atoms with Crippen LogP contribution in [0.25, 0.3) is 0 Å². The van der Waals surface area contributed by atoms with E-state index < -0.39 is 0 Å². The predicted molar refractivity (Wildman–Crippen MR) is 67.8 cm³/mol. The van der Waals surface area contributed by atoms with E-state index in [1.54, 1.807) is 14.0 Å². The summed E-state index contributed by atoms with van der Waals surface area (Å²) in [4.78, 5) is 13.2. The molecule has 1 aromatic carbocycles. The van der Waals surface area contributed by atoms with Gasteiger partial charge >= 0.3 is 0 Å². The number of nitrogens with one attached hydrogen (secondary N) is 1. The fourth-order valence-electron chi connectivity index (χ4n) is 3.54. The number of carbonyl (C=O) groups excluding carboxylic acids is 1. The number of ether oxygens (including phenoxy) is 1. The number of fused-ring (bicyclic) bond motifs is 2. The molecule has 1 saturated heterocycles. The number of hydrogen-bond donors (Lipinski definition) is 1. The summed E-state index contributed by atoms with van der Waals surface area (Å²) < 4.78 is 5.29. The lowest BCUT2D eigenvalue weighted by Gasteiger charge is -2.19. The van der Waals surface area contributed by atoms with E-state index in [9.17, 15) is 4.79 Å². The Morgan fingerprint density at radius 2 is 2.22 bits per heavy atom. The van der Waals surface area contributed by atoms with Crippen LogP contribution < -0.4 is 10.1 Å². The topological polar surface area (TPSA) is 41.3 Å². The van der Waals surface area contributed by atoms with Crippen LogP contribution >= 0.6 is 0 Å². The van der Waals surface area contributed by atoms with Gasteiger partial charge in [-0.3, -0.25) is 4.79 Å². The molecule has 0 aromatic heterocycles. The third-order valence-corrected chi connectivity index (χ3v) is 4.55. The highest BCUT2D eigenvalue weighted by molar-refractivity contribution is 5.80. The molecule has 1 N–H and O–H groups in total. The van der Waals surface area contributed by atoms with E-state index in [1.807, 2.05) is 11.0 Å². The zero-order valence-corrected chi connectivity index (χ0v) is 10.5. The summed E-state index contributed by atoms with van der Waals surface area (Å²) >= 11 is 0. The molecule has 4 rings (SSSR count). The SMILES string of the molecule is COc1ccc2c(c1)C(C1C3C1N3C(C)=O)CN2. The van der Waals surface area contributed by atoms with Crippen LogP contribution in [0.3, 0.4) is 0 Å². The average molecular weight is 244 g/mol. The van der Waals surface area contributed by atoms with Gasteiger partial charge in [-0.05, 0) is 23.8 Å². The average Bonchev–Trinajstić information content (AvgIpc) is 3.21. The molecule has 94 valence electrons. The first-order chi connectivity index (χ1) is 8.72. The van der Waals surface area contributed by atoms with E-state index in [2.05, 4.69) is 17.4 Å². The van der Waals surface area contributed by atoms with Gasteiger partial charge in [-0.25, -0.2) is 0 Å². The van der Waals surface area contributed by atoms with Gasteiger partial charge in [0.25, 0.3) is 0 Å². The normalized spacial score (nSPS) is 34.4. The number of likely N-dealkylation sites (tertiary alicyclic amines) is 1. The quantitative estimate of drug-likeness (QED) is 0.800. The van der Waals surface area contributed by atoms with Crippen LogP contribution in [0, 0.1) is 5.92 Å². The van der Waals surface area contributed by atoms with Gasteiger partial charge < -0.3 is 15.0 Å². The zero-order valence-electron chi connectivity index (χ0n) is 10.5. The molecule has 4 heteroatoms. The molecule has 0 radical (unpaired) electrons. The van der Waals surface area contributed by atoms with E-state index >= 15 is 0 Å². The van der Waals surface area contributed by atoms with Crippen LogP contribution in [0.5, 0.6) is 5.75 Å². The Balaban J connectivity index is 1.56. The number of benzene rings is 1.